The molecule has 0 aromatic heterocycles. The van der Waals surface area contributed by atoms with Gasteiger partial charge in [0.1, 0.15) is 0 Å². The van der Waals surface area contributed by atoms with Crippen LogP contribution in [0, 0.1) is 0 Å². The molecule has 0 radical (unpaired) electrons. The van der Waals surface area contributed by atoms with Gasteiger partial charge < -0.3 is 10.5 Å². The van der Waals surface area contributed by atoms with Gasteiger partial charge in [-0.2, -0.15) is 0 Å². The molecule has 3 aromatic rings. The van der Waals surface area contributed by atoms with E-state index in [1.807, 2.05) is 42.5 Å². The number of rotatable bonds is 3. The summed E-state index contributed by atoms with van der Waals surface area (Å²) in [6, 6.07) is 31.2. The summed E-state index contributed by atoms with van der Waals surface area (Å²) in [5.74, 6) is 0.00330. The molecule has 0 amide bonds. The van der Waals surface area contributed by atoms with Crippen molar-refractivity contribution in [2.24, 2.45) is 5.16 Å². The van der Waals surface area contributed by atoms with Gasteiger partial charge in [-0.25, -0.2) is 0 Å². The van der Waals surface area contributed by atoms with Crippen molar-refractivity contribution < 1.29 is 5.21 Å². The standard InChI is InChI=1S/C23H22N2O/c26-25-21-16-20(17-10-4-1-5-11-17)24-23(19-14-8-3-9-15-19)22(21)18-12-6-2-7-13-18/h1-15,20,22-24,26H,16H2/b25-21-/t20-,22-,23-/m0/s1. The van der Waals surface area contributed by atoms with E-state index in [1.54, 1.807) is 0 Å². The summed E-state index contributed by atoms with van der Waals surface area (Å²) in [7, 11) is 0. The second kappa shape index (κ2) is 7.54. The maximum Gasteiger partial charge on any atom is 0.0683 e. The molecule has 3 heteroatoms. The van der Waals surface area contributed by atoms with Crippen LogP contribution in [0.3, 0.4) is 0 Å². The van der Waals surface area contributed by atoms with Gasteiger partial charge in [0.05, 0.1) is 5.71 Å². The summed E-state index contributed by atoms with van der Waals surface area (Å²) in [5, 5.41) is 17.4. The molecule has 1 aliphatic heterocycles. The lowest BCUT2D eigenvalue weighted by Crippen LogP contribution is -2.41. The Labute approximate surface area is 154 Å². The lowest BCUT2D eigenvalue weighted by Gasteiger charge is -2.39. The minimum atomic E-state index is 0.00330. The molecule has 26 heavy (non-hydrogen) atoms. The summed E-state index contributed by atoms with van der Waals surface area (Å²) < 4.78 is 0. The zero-order chi connectivity index (χ0) is 17.8. The van der Waals surface area contributed by atoms with Gasteiger partial charge in [0.15, 0.2) is 0 Å². The highest BCUT2D eigenvalue weighted by atomic mass is 16.4. The third-order valence-corrected chi connectivity index (χ3v) is 5.13. The Morgan fingerprint density at radius 2 is 1.19 bits per heavy atom. The largest absolute Gasteiger partial charge is 0.411 e. The first-order valence-electron chi connectivity index (χ1n) is 8.98. The van der Waals surface area contributed by atoms with Crippen LogP contribution in [-0.2, 0) is 0 Å². The molecule has 2 N–H and O–H groups in total. The van der Waals surface area contributed by atoms with Crippen molar-refractivity contribution in [1.29, 1.82) is 0 Å². The SMILES string of the molecule is O/N=C1/C[C@@H](c2ccccc2)N[C@@H](c2ccccc2)[C@H]1c1ccccc1. The molecule has 1 aliphatic rings. The van der Waals surface area contributed by atoms with Gasteiger partial charge in [0.2, 0.25) is 0 Å². The second-order valence-corrected chi connectivity index (χ2v) is 6.70. The monoisotopic (exact) mass is 342 g/mol. The lowest BCUT2D eigenvalue weighted by molar-refractivity contribution is 0.302. The number of hydrogen-bond donors (Lipinski definition) is 2. The molecule has 0 unspecified atom stereocenters. The molecule has 3 aromatic carbocycles. The van der Waals surface area contributed by atoms with Crippen LogP contribution in [0.1, 0.15) is 41.1 Å². The Bertz CT molecular complexity index is 862. The minimum absolute atomic E-state index is 0.00330. The Morgan fingerprint density at radius 3 is 1.73 bits per heavy atom. The topological polar surface area (TPSA) is 44.6 Å². The molecular formula is C23H22N2O. The maximum absolute atomic E-state index is 9.81. The van der Waals surface area contributed by atoms with Crippen molar-refractivity contribution in [1.82, 2.24) is 5.32 Å². The zero-order valence-corrected chi connectivity index (χ0v) is 14.5. The lowest BCUT2D eigenvalue weighted by atomic mass is 9.77. The van der Waals surface area contributed by atoms with Crippen LogP contribution in [0.2, 0.25) is 0 Å². The first-order valence-corrected chi connectivity index (χ1v) is 8.98. The average Bonchev–Trinajstić information content (AvgIpc) is 2.74. The molecule has 1 fully saturated rings. The number of piperidine rings is 1. The predicted molar refractivity (Wildman–Crippen MR) is 105 cm³/mol. The van der Waals surface area contributed by atoms with Crippen molar-refractivity contribution in [3.63, 3.8) is 0 Å². The fourth-order valence-electron chi connectivity index (χ4n) is 3.90. The van der Waals surface area contributed by atoms with Gasteiger partial charge in [-0.1, -0.05) is 96.2 Å². The number of hydrogen-bond acceptors (Lipinski definition) is 3. The van der Waals surface area contributed by atoms with Crippen LogP contribution in [0.15, 0.2) is 96.2 Å². The fourth-order valence-corrected chi connectivity index (χ4v) is 3.90. The number of oxime groups is 1. The molecule has 0 saturated carbocycles. The molecule has 0 aliphatic carbocycles. The van der Waals surface area contributed by atoms with Gasteiger partial charge >= 0.3 is 0 Å². The van der Waals surface area contributed by atoms with E-state index in [0.717, 1.165) is 11.3 Å². The molecule has 4 rings (SSSR count). The van der Waals surface area contributed by atoms with Crippen LogP contribution < -0.4 is 5.32 Å². The van der Waals surface area contributed by atoms with E-state index in [4.69, 9.17) is 0 Å². The van der Waals surface area contributed by atoms with E-state index < -0.39 is 0 Å². The van der Waals surface area contributed by atoms with Crippen molar-refractivity contribution in [2.75, 3.05) is 0 Å². The van der Waals surface area contributed by atoms with E-state index in [0.29, 0.717) is 6.42 Å². The Hall–Kier alpha value is -2.91. The third kappa shape index (κ3) is 3.26. The molecule has 0 bridgehead atoms. The van der Waals surface area contributed by atoms with Crippen LogP contribution in [0.4, 0.5) is 0 Å². The predicted octanol–water partition coefficient (Wildman–Crippen LogP) is 5.08. The normalized spacial score (nSPS) is 24.5. The van der Waals surface area contributed by atoms with Gasteiger partial charge in [-0.15, -0.1) is 0 Å². The van der Waals surface area contributed by atoms with Crippen LogP contribution in [0.25, 0.3) is 0 Å². The van der Waals surface area contributed by atoms with Gasteiger partial charge in [-0.3, -0.25) is 0 Å². The molecule has 3 nitrogen and oxygen atoms in total. The van der Waals surface area contributed by atoms with E-state index in [2.05, 4.69) is 59.0 Å². The fraction of sp³-hybridized carbons (Fsp3) is 0.174. The van der Waals surface area contributed by atoms with Crippen molar-refractivity contribution in [2.45, 2.75) is 24.4 Å². The van der Waals surface area contributed by atoms with E-state index in [-0.39, 0.29) is 18.0 Å². The minimum Gasteiger partial charge on any atom is -0.411 e. The number of nitrogens with zero attached hydrogens (tertiary/aromatic N) is 1. The van der Waals surface area contributed by atoms with Crippen molar-refractivity contribution >= 4 is 5.71 Å². The summed E-state index contributed by atoms with van der Waals surface area (Å²) in [5.41, 5.74) is 4.38. The summed E-state index contributed by atoms with van der Waals surface area (Å²) >= 11 is 0. The Morgan fingerprint density at radius 1 is 0.692 bits per heavy atom. The highest BCUT2D eigenvalue weighted by molar-refractivity contribution is 5.93. The quantitative estimate of drug-likeness (QED) is 0.515. The summed E-state index contributed by atoms with van der Waals surface area (Å²) in [6.45, 7) is 0. The van der Waals surface area contributed by atoms with Crippen molar-refractivity contribution in [3.05, 3.63) is 108 Å². The van der Waals surface area contributed by atoms with E-state index >= 15 is 0 Å². The molecule has 130 valence electrons. The highest BCUT2D eigenvalue weighted by Gasteiger charge is 2.37. The summed E-state index contributed by atoms with van der Waals surface area (Å²) in [6.07, 6.45) is 0.684. The van der Waals surface area contributed by atoms with Crippen LogP contribution in [0.5, 0.6) is 0 Å². The number of benzene rings is 3. The third-order valence-electron chi connectivity index (χ3n) is 5.13. The van der Waals surface area contributed by atoms with Gasteiger partial charge in [0.25, 0.3) is 0 Å². The van der Waals surface area contributed by atoms with Crippen LogP contribution >= 0.6 is 0 Å². The Kier molecular flexibility index (Phi) is 4.80. The smallest absolute Gasteiger partial charge is 0.0683 e. The first-order chi connectivity index (χ1) is 12.9. The van der Waals surface area contributed by atoms with E-state index in [1.165, 1.54) is 11.1 Å². The van der Waals surface area contributed by atoms with Gasteiger partial charge in [0, 0.05) is 24.4 Å². The van der Waals surface area contributed by atoms with E-state index in [9.17, 15) is 5.21 Å². The van der Waals surface area contributed by atoms with Gasteiger partial charge in [-0.05, 0) is 16.7 Å². The average molecular weight is 342 g/mol. The maximum atomic E-state index is 9.81. The molecule has 1 saturated heterocycles. The van der Waals surface area contributed by atoms with Crippen molar-refractivity contribution in [3.8, 4) is 0 Å². The Balaban J connectivity index is 1.78. The van der Waals surface area contributed by atoms with Crippen LogP contribution in [-0.4, -0.2) is 10.9 Å². The molecule has 1 heterocycles. The molecule has 0 spiro atoms. The second-order valence-electron chi connectivity index (χ2n) is 6.70. The summed E-state index contributed by atoms with van der Waals surface area (Å²) in [4.78, 5) is 0. The zero-order valence-electron chi connectivity index (χ0n) is 14.5. The molecule has 3 atom stereocenters. The highest BCUT2D eigenvalue weighted by Crippen LogP contribution is 2.41. The first kappa shape index (κ1) is 16.6. The number of nitrogens with one attached hydrogen (secondary N) is 1. The molecular weight excluding hydrogens is 320 g/mol.